The third-order valence-corrected chi connectivity index (χ3v) is 6.83. The molecule has 3 aliphatic rings. The molecule has 1 aliphatic carbocycles. The maximum atomic E-state index is 13.3. The highest BCUT2D eigenvalue weighted by Gasteiger charge is 2.48. The molecule has 1 spiro atoms. The van der Waals surface area contributed by atoms with Crippen LogP contribution < -0.4 is 4.90 Å². The van der Waals surface area contributed by atoms with E-state index < -0.39 is 5.60 Å². The van der Waals surface area contributed by atoms with E-state index in [2.05, 4.69) is 11.0 Å². The minimum atomic E-state index is -0.508. The van der Waals surface area contributed by atoms with Crippen molar-refractivity contribution in [3.63, 3.8) is 0 Å². The van der Waals surface area contributed by atoms with E-state index in [1.807, 2.05) is 44.7 Å². The summed E-state index contributed by atoms with van der Waals surface area (Å²) in [5, 5.41) is 0.669. The number of amides is 2. The van der Waals surface area contributed by atoms with Crippen LogP contribution in [0.5, 0.6) is 0 Å². The average Bonchev–Trinajstić information content (AvgIpc) is 2.95. The molecule has 30 heavy (non-hydrogen) atoms. The summed E-state index contributed by atoms with van der Waals surface area (Å²) < 4.78 is 5.52. The van der Waals surface area contributed by atoms with E-state index in [9.17, 15) is 9.59 Å². The van der Waals surface area contributed by atoms with E-state index in [1.54, 1.807) is 4.90 Å². The largest absolute Gasteiger partial charge is 0.444 e. The molecule has 2 fully saturated rings. The van der Waals surface area contributed by atoms with E-state index >= 15 is 0 Å². The van der Waals surface area contributed by atoms with Crippen LogP contribution in [0.2, 0.25) is 5.02 Å². The number of ether oxygens (including phenoxy) is 1. The van der Waals surface area contributed by atoms with Crippen molar-refractivity contribution >= 4 is 29.3 Å². The molecule has 1 atom stereocenters. The second-order valence-corrected chi connectivity index (χ2v) is 10.5. The molecule has 1 saturated carbocycles. The molecule has 2 heterocycles. The second kappa shape index (κ2) is 7.72. The zero-order chi connectivity index (χ0) is 21.7. The summed E-state index contributed by atoms with van der Waals surface area (Å²) in [5.41, 5.74) is 1.87. The Kier molecular flexibility index (Phi) is 5.52. The standard InChI is InChI=1S/C23H32ClN3O3/c1-16-13-25(10-11-26(16)21(29)30-22(2,3)4)14-20(28)27-15-23(8-5-9-23)18-7-6-17(24)12-19(18)27/h6-7,12,16H,5,8-11,13-15H2,1-4H3/t16-/m1/s1. The summed E-state index contributed by atoms with van der Waals surface area (Å²) in [5.74, 6) is 0.111. The first kappa shape index (κ1) is 21.4. The lowest BCUT2D eigenvalue weighted by Crippen LogP contribution is -2.56. The summed E-state index contributed by atoms with van der Waals surface area (Å²) in [7, 11) is 0. The number of hydrogen-bond donors (Lipinski definition) is 0. The molecule has 1 saturated heterocycles. The van der Waals surface area contributed by atoms with E-state index in [1.165, 1.54) is 12.0 Å². The third kappa shape index (κ3) is 4.04. The summed E-state index contributed by atoms with van der Waals surface area (Å²) in [6.45, 7) is 10.6. The predicted octanol–water partition coefficient (Wildman–Crippen LogP) is 4.05. The van der Waals surface area contributed by atoms with Gasteiger partial charge in [-0.3, -0.25) is 9.69 Å². The first-order chi connectivity index (χ1) is 14.1. The lowest BCUT2D eigenvalue weighted by Gasteiger charge is -2.41. The Balaban J connectivity index is 1.40. The number of nitrogens with zero attached hydrogens (tertiary/aromatic N) is 3. The monoisotopic (exact) mass is 433 g/mol. The van der Waals surface area contributed by atoms with Crippen LogP contribution in [0.4, 0.5) is 10.5 Å². The molecular formula is C23H32ClN3O3. The number of hydrogen-bond acceptors (Lipinski definition) is 4. The van der Waals surface area contributed by atoms with Gasteiger partial charge in [-0.2, -0.15) is 0 Å². The van der Waals surface area contributed by atoms with Gasteiger partial charge in [-0.25, -0.2) is 4.79 Å². The Hall–Kier alpha value is -1.79. The average molecular weight is 434 g/mol. The van der Waals surface area contributed by atoms with Crippen molar-refractivity contribution in [2.75, 3.05) is 37.6 Å². The number of benzene rings is 1. The van der Waals surface area contributed by atoms with Crippen molar-refractivity contribution < 1.29 is 14.3 Å². The number of carbonyl (C=O) groups is 2. The summed E-state index contributed by atoms with van der Waals surface area (Å²) in [6.07, 6.45) is 3.21. The molecule has 4 rings (SSSR count). The fourth-order valence-corrected chi connectivity index (χ4v) is 5.11. The Bertz CT molecular complexity index is 847. The predicted molar refractivity (Wildman–Crippen MR) is 118 cm³/mol. The first-order valence-corrected chi connectivity index (χ1v) is 11.3. The number of fused-ring (bicyclic) bond motifs is 2. The van der Waals surface area contributed by atoms with E-state index in [-0.39, 0.29) is 23.5 Å². The Labute approximate surface area is 184 Å². The molecule has 1 aromatic carbocycles. The molecule has 0 unspecified atom stereocenters. The fourth-order valence-electron chi connectivity index (χ4n) is 4.95. The van der Waals surface area contributed by atoms with Gasteiger partial charge in [0, 0.05) is 48.3 Å². The molecule has 1 aromatic rings. The zero-order valence-corrected chi connectivity index (χ0v) is 19.2. The van der Waals surface area contributed by atoms with Gasteiger partial charge in [-0.1, -0.05) is 24.1 Å². The Morgan fingerprint density at radius 1 is 1.23 bits per heavy atom. The van der Waals surface area contributed by atoms with Crippen molar-refractivity contribution in [1.82, 2.24) is 9.80 Å². The third-order valence-electron chi connectivity index (χ3n) is 6.59. The number of halogens is 1. The molecule has 0 radical (unpaired) electrons. The zero-order valence-electron chi connectivity index (χ0n) is 18.4. The van der Waals surface area contributed by atoms with Crippen LogP contribution in [-0.4, -0.2) is 66.2 Å². The maximum Gasteiger partial charge on any atom is 0.410 e. The summed E-state index contributed by atoms with van der Waals surface area (Å²) >= 11 is 6.25. The molecule has 2 amide bonds. The van der Waals surface area contributed by atoms with Crippen LogP contribution in [0.3, 0.4) is 0 Å². The maximum absolute atomic E-state index is 13.3. The van der Waals surface area contributed by atoms with Gasteiger partial charge in [0.25, 0.3) is 0 Å². The molecule has 0 N–H and O–H groups in total. The van der Waals surface area contributed by atoms with Crippen LogP contribution in [0, 0.1) is 0 Å². The van der Waals surface area contributed by atoms with Gasteiger partial charge in [-0.05, 0) is 58.2 Å². The minimum absolute atomic E-state index is 0.000293. The molecular weight excluding hydrogens is 402 g/mol. The molecule has 2 aliphatic heterocycles. The van der Waals surface area contributed by atoms with Crippen LogP contribution >= 0.6 is 11.6 Å². The molecule has 0 aromatic heterocycles. The van der Waals surface area contributed by atoms with E-state index in [0.717, 1.165) is 25.1 Å². The summed E-state index contributed by atoms with van der Waals surface area (Å²) in [4.78, 5) is 31.5. The highest BCUT2D eigenvalue weighted by Crippen LogP contribution is 2.53. The van der Waals surface area contributed by atoms with Crippen molar-refractivity contribution in [3.8, 4) is 0 Å². The smallest absolute Gasteiger partial charge is 0.410 e. The van der Waals surface area contributed by atoms with Crippen LogP contribution in [-0.2, 0) is 14.9 Å². The molecule has 164 valence electrons. The number of anilines is 1. The van der Waals surface area contributed by atoms with Gasteiger partial charge in [-0.15, -0.1) is 0 Å². The quantitative estimate of drug-likeness (QED) is 0.706. The topological polar surface area (TPSA) is 53.1 Å². The lowest BCUT2D eigenvalue weighted by molar-refractivity contribution is -0.120. The van der Waals surface area contributed by atoms with Gasteiger partial charge in [0.05, 0.1) is 6.54 Å². The second-order valence-electron chi connectivity index (χ2n) is 10.0. The molecule has 0 bridgehead atoms. The van der Waals surface area contributed by atoms with Gasteiger partial charge in [0.15, 0.2) is 0 Å². The van der Waals surface area contributed by atoms with Crippen molar-refractivity contribution in [2.24, 2.45) is 0 Å². The van der Waals surface area contributed by atoms with Crippen LogP contribution in [0.1, 0.15) is 52.5 Å². The lowest BCUT2D eigenvalue weighted by atomic mass is 9.66. The van der Waals surface area contributed by atoms with E-state index in [0.29, 0.717) is 31.2 Å². The van der Waals surface area contributed by atoms with Crippen LogP contribution in [0.25, 0.3) is 0 Å². The van der Waals surface area contributed by atoms with Crippen molar-refractivity contribution in [2.45, 2.75) is 64.0 Å². The van der Waals surface area contributed by atoms with Gasteiger partial charge in [0.2, 0.25) is 5.91 Å². The normalized spacial score (nSPS) is 23.3. The number of piperazine rings is 1. The number of rotatable bonds is 2. The number of carbonyl (C=O) groups excluding carboxylic acids is 2. The van der Waals surface area contributed by atoms with Gasteiger partial charge < -0.3 is 14.5 Å². The highest BCUT2D eigenvalue weighted by atomic mass is 35.5. The molecule has 7 heteroatoms. The first-order valence-electron chi connectivity index (χ1n) is 10.9. The fraction of sp³-hybridized carbons (Fsp3) is 0.652. The molecule has 6 nitrogen and oxygen atoms in total. The van der Waals surface area contributed by atoms with Crippen LogP contribution in [0.15, 0.2) is 18.2 Å². The Morgan fingerprint density at radius 3 is 2.57 bits per heavy atom. The highest BCUT2D eigenvalue weighted by molar-refractivity contribution is 6.31. The minimum Gasteiger partial charge on any atom is -0.444 e. The summed E-state index contributed by atoms with van der Waals surface area (Å²) in [6, 6.07) is 5.97. The Morgan fingerprint density at radius 2 is 1.97 bits per heavy atom. The van der Waals surface area contributed by atoms with Crippen molar-refractivity contribution in [1.29, 1.82) is 0 Å². The van der Waals surface area contributed by atoms with Crippen molar-refractivity contribution in [3.05, 3.63) is 28.8 Å². The SMILES string of the molecule is C[C@@H]1CN(CC(=O)N2CC3(CCC3)c3ccc(Cl)cc32)CCN1C(=O)OC(C)(C)C. The van der Waals surface area contributed by atoms with Gasteiger partial charge in [0.1, 0.15) is 5.60 Å². The van der Waals surface area contributed by atoms with Gasteiger partial charge >= 0.3 is 6.09 Å². The van der Waals surface area contributed by atoms with E-state index in [4.69, 9.17) is 16.3 Å².